The molecule has 0 radical (unpaired) electrons. The summed E-state index contributed by atoms with van der Waals surface area (Å²) >= 11 is 0. The molecule has 0 N–H and O–H groups in total. The highest BCUT2D eigenvalue weighted by molar-refractivity contribution is 8.13. The van der Waals surface area contributed by atoms with Crippen LogP contribution in [-0.4, -0.2) is 40.1 Å². The van der Waals surface area contributed by atoms with Gasteiger partial charge in [0, 0.05) is 23.9 Å². The van der Waals surface area contributed by atoms with Crippen molar-refractivity contribution in [1.82, 2.24) is 0 Å². The van der Waals surface area contributed by atoms with E-state index in [1.807, 2.05) is 6.92 Å². The summed E-state index contributed by atoms with van der Waals surface area (Å²) in [6, 6.07) is 0. The van der Waals surface area contributed by atoms with Gasteiger partial charge in [-0.2, -0.15) is 0 Å². The van der Waals surface area contributed by atoms with Crippen molar-refractivity contribution in [1.29, 1.82) is 0 Å². The van der Waals surface area contributed by atoms with Gasteiger partial charge in [-0.25, -0.2) is 8.42 Å². The molecule has 0 saturated carbocycles. The van der Waals surface area contributed by atoms with Gasteiger partial charge in [-0.1, -0.05) is 6.92 Å². The van der Waals surface area contributed by atoms with Crippen molar-refractivity contribution in [3.8, 4) is 0 Å². The van der Waals surface area contributed by atoms with Crippen molar-refractivity contribution in [3.05, 3.63) is 0 Å². The van der Waals surface area contributed by atoms with Gasteiger partial charge in [-0.05, 0) is 18.8 Å². The van der Waals surface area contributed by atoms with E-state index in [1.165, 1.54) is 0 Å². The first kappa shape index (κ1) is 13.2. The largest absolute Gasteiger partial charge is 0.381 e. The third kappa shape index (κ3) is 6.35. The maximum atomic E-state index is 10.8. The molecule has 0 aromatic rings. The van der Waals surface area contributed by atoms with Crippen LogP contribution in [0.4, 0.5) is 0 Å². The van der Waals surface area contributed by atoms with Crippen LogP contribution in [0.1, 0.15) is 19.8 Å². The van der Waals surface area contributed by atoms with E-state index >= 15 is 0 Å². The van der Waals surface area contributed by atoms with Gasteiger partial charge in [0.2, 0.25) is 9.05 Å². The maximum absolute atomic E-state index is 10.8. The molecule has 1 heterocycles. The van der Waals surface area contributed by atoms with Crippen LogP contribution in [-0.2, 0) is 18.5 Å². The minimum atomic E-state index is -3.41. The van der Waals surface area contributed by atoms with Crippen LogP contribution in [0, 0.1) is 5.92 Å². The summed E-state index contributed by atoms with van der Waals surface area (Å²) in [5, 5.41) is 0. The van der Waals surface area contributed by atoms with Crippen molar-refractivity contribution >= 4 is 19.7 Å². The van der Waals surface area contributed by atoms with Gasteiger partial charge in [0.25, 0.3) is 0 Å². The minimum Gasteiger partial charge on any atom is -0.381 e. The summed E-state index contributed by atoms with van der Waals surface area (Å²) in [7, 11) is 1.74. The highest BCUT2D eigenvalue weighted by Gasteiger charge is 2.17. The van der Waals surface area contributed by atoms with Gasteiger partial charge < -0.3 is 9.47 Å². The van der Waals surface area contributed by atoms with Crippen molar-refractivity contribution in [2.24, 2.45) is 5.92 Å². The number of hydrogen-bond acceptors (Lipinski definition) is 4. The van der Waals surface area contributed by atoms with Gasteiger partial charge >= 0.3 is 0 Å². The monoisotopic (exact) mass is 256 g/mol. The van der Waals surface area contributed by atoms with Gasteiger partial charge in [-0.15, -0.1) is 0 Å². The van der Waals surface area contributed by atoms with Gasteiger partial charge in [0.05, 0.1) is 18.5 Å². The molecular formula is C9H17ClO4S. The molecule has 4 nitrogen and oxygen atoms in total. The zero-order chi connectivity index (χ0) is 11.3. The summed E-state index contributed by atoms with van der Waals surface area (Å²) in [6.07, 6.45) is 1.99. The molecule has 1 rings (SSSR count). The Labute approximate surface area is 95.3 Å². The van der Waals surface area contributed by atoms with Crippen LogP contribution in [0.25, 0.3) is 0 Å². The molecule has 1 atom stereocenters. The molecule has 6 heteroatoms. The van der Waals surface area contributed by atoms with Crippen LogP contribution in [0.2, 0.25) is 0 Å². The second-order valence-electron chi connectivity index (χ2n) is 3.96. The SMILES string of the molecule is CC(COC1CCOCC1)CS(=O)(=O)Cl. The summed E-state index contributed by atoms with van der Waals surface area (Å²) in [5.41, 5.74) is 0. The third-order valence-electron chi connectivity index (χ3n) is 2.27. The average molecular weight is 257 g/mol. The lowest BCUT2D eigenvalue weighted by atomic mass is 10.1. The van der Waals surface area contributed by atoms with Crippen molar-refractivity contribution in [2.75, 3.05) is 25.6 Å². The highest BCUT2D eigenvalue weighted by atomic mass is 35.7. The Hall–Kier alpha value is 0.160. The fourth-order valence-electron chi connectivity index (χ4n) is 1.53. The van der Waals surface area contributed by atoms with Crippen LogP contribution in [0.5, 0.6) is 0 Å². The van der Waals surface area contributed by atoms with Crippen molar-refractivity contribution in [3.63, 3.8) is 0 Å². The molecule has 1 unspecified atom stereocenters. The lowest BCUT2D eigenvalue weighted by Gasteiger charge is -2.23. The Kier molecular flexibility index (Phi) is 5.32. The van der Waals surface area contributed by atoms with E-state index in [4.69, 9.17) is 20.2 Å². The first-order valence-electron chi connectivity index (χ1n) is 5.09. The molecule has 0 aromatic carbocycles. The second-order valence-corrected chi connectivity index (χ2v) is 6.78. The van der Waals surface area contributed by atoms with E-state index in [2.05, 4.69) is 0 Å². The molecular weight excluding hydrogens is 240 g/mol. The quantitative estimate of drug-likeness (QED) is 0.698. The van der Waals surface area contributed by atoms with E-state index in [0.29, 0.717) is 6.61 Å². The second kappa shape index (κ2) is 6.03. The maximum Gasteiger partial charge on any atom is 0.232 e. The third-order valence-corrected chi connectivity index (χ3v) is 3.61. The average Bonchev–Trinajstić information content (AvgIpc) is 2.14. The highest BCUT2D eigenvalue weighted by Crippen LogP contribution is 2.13. The van der Waals surface area contributed by atoms with Gasteiger partial charge in [0.1, 0.15) is 0 Å². The molecule has 1 aliphatic heterocycles. The van der Waals surface area contributed by atoms with Crippen LogP contribution in [0.15, 0.2) is 0 Å². The van der Waals surface area contributed by atoms with Crippen molar-refractivity contribution < 1.29 is 17.9 Å². The zero-order valence-corrected chi connectivity index (χ0v) is 10.4. The van der Waals surface area contributed by atoms with Gasteiger partial charge in [0.15, 0.2) is 0 Å². The Morgan fingerprint density at radius 1 is 1.47 bits per heavy atom. The zero-order valence-electron chi connectivity index (χ0n) is 8.82. The number of ether oxygens (including phenoxy) is 2. The topological polar surface area (TPSA) is 52.6 Å². The number of halogens is 1. The molecule has 0 amide bonds. The lowest BCUT2D eigenvalue weighted by Crippen LogP contribution is -2.26. The van der Waals surface area contributed by atoms with E-state index in [-0.39, 0.29) is 17.8 Å². The van der Waals surface area contributed by atoms with E-state index < -0.39 is 9.05 Å². The van der Waals surface area contributed by atoms with Crippen LogP contribution in [0.3, 0.4) is 0 Å². The molecule has 1 saturated heterocycles. The predicted molar refractivity (Wildman–Crippen MR) is 58.6 cm³/mol. The molecule has 1 fully saturated rings. The predicted octanol–water partition coefficient (Wildman–Crippen LogP) is 1.39. The summed E-state index contributed by atoms with van der Waals surface area (Å²) in [4.78, 5) is 0. The van der Waals surface area contributed by atoms with Crippen molar-refractivity contribution in [2.45, 2.75) is 25.9 Å². The molecule has 0 spiro atoms. The first-order valence-corrected chi connectivity index (χ1v) is 7.57. The van der Waals surface area contributed by atoms with Crippen LogP contribution >= 0.6 is 10.7 Å². The Morgan fingerprint density at radius 3 is 2.60 bits per heavy atom. The molecule has 0 bridgehead atoms. The standard InChI is InChI=1S/C9H17ClO4S/c1-8(7-15(10,11)12)6-14-9-2-4-13-5-3-9/h8-9H,2-7H2,1H3. The molecule has 1 aliphatic rings. The summed E-state index contributed by atoms with van der Waals surface area (Å²) < 4.78 is 32.3. The number of rotatable bonds is 5. The summed E-state index contributed by atoms with van der Waals surface area (Å²) in [5.74, 6) is -0.0899. The first-order chi connectivity index (χ1) is 6.97. The van der Waals surface area contributed by atoms with E-state index in [1.54, 1.807) is 0 Å². The molecule has 0 aliphatic carbocycles. The fraction of sp³-hybridized carbons (Fsp3) is 1.00. The van der Waals surface area contributed by atoms with Crippen LogP contribution < -0.4 is 0 Å². The Morgan fingerprint density at radius 2 is 2.07 bits per heavy atom. The Bertz CT molecular complexity index is 272. The fourth-order valence-corrected chi connectivity index (χ4v) is 2.95. The minimum absolute atomic E-state index is 0.0300. The number of hydrogen-bond donors (Lipinski definition) is 0. The summed E-state index contributed by atoms with van der Waals surface area (Å²) in [6.45, 7) is 3.72. The normalized spacial score (nSPS) is 21.5. The smallest absolute Gasteiger partial charge is 0.232 e. The molecule has 0 aromatic heterocycles. The molecule has 15 heavy (non-hydrogen) atoms. The Balaban J connectivity index is 2.18. The van der Waals surface area contributed by atoms with E-state index in [9.17, 15) is 8.42 Å². The lowest BCUT2D eigenvalue weighted by molar-refractivity contribution is -0.0393. The van der Waals surface area contributed by atoms with E-state index in [0.717, 1.165) is 26.1 Å². The molecule has 90 valence electrons. The van der Waals surface area contributed by atoms with Gasteiger partial charge in [-0.3, -0.25) is 0 Å².